The van der Waals surface area contributed by atoms with Crippen molar-refractivity contribution in [2.45, 2.75) is 55.9 Å². The van der Waals surface area contributed by atoms with E-state index >= 15 is 0 Å². The summed E-state index contributed by atoms with van der Waals surface area (Å²) in [5.41, 5.74) is -4.82. The van der Waals surface area contributed by atoms with Gasteiger partial charge in [0.25, 0.3) is 0 Å². The molecule has 0 saturated heterocycles. The van der Waals surface area contributed by atoms with Crippen molar-refractivity contribution >= 4 is 26.9 Å². The molecule has 156 valence electrons. The van der Waals surface area contributed by atoms with Gasteiger partial charge in [-0.25, -0.2) is 18.3 Å². The molecule has 0 aliphatic heterocycles. The Morgan fingerprint density at radius 2 is 1.56 bits per heavy atom. The van der Waals surface area contributed by atoms with Gasteiger partial charge in [-0.05, 0) is 55.8 Å². The van der Waals surface area contributed by atoms with Crippen molar-refractivity contribution in [3.8, 4) is 0 Å². The second-order valence-electron chi connectivity index (χ2n) is 6.82. The monoisotopic (exact) mass is 486 g/mol. The Hall–Kier alpha value is -0.760. The average molecular weight is 487 g/mol. The number of aromatic nitrogens is 1. The minimum Gasteiger partial charge on any atom is -0.354 e. The van der Waals surface area contributed by atoms with E-state index in [2.05, 4.69) is 20.9 Å². The van der Waals surface area contributed by atoms with Crippen LogP contribution in [0.15, 0.2) is 16.7 Å². The zero-order valence-corrected chi connectivity index (χ0v) is 16.9. The van der Waals surface area contributed by atoms with Gasteiger partial charge in [-0.3, -0.25) is 0 Å². The Bertz CT molecular complexity index is 739. The Balaban J connectivity index is 3.79. The van der Waals surface area contributed by atoms with E-state index in [9.17, 15) is 40.8 Å². The Labute approximate surface area is 161 Å². The maximum absolute atomic E-state index is 14.9. The zero-order chi connectivity index (χ0) is 21.6. The lowest BCUT2D eigenvalue weighted by Crippen LogP contribution is -2.71. The summed E-state index contributed by atoms with van der Waals surface area (Å²) >= 11 is 2.78. The number of pyridine rings is 1. The lowest BCUT2D eigenvalue weighted by Gasteiger charge is -2.44. The number of nitrogens with zero attached hydrogens (tertiary/aromatic N) is 1. The molecule has 0 aromatic carbocycles. The summed E-state index contributed by atoms with van der Waals surface area (Å²) in [6.45, 7) is 4.29. The first-order chi connectivity index (χ1) is 11.8. The third kappa shape index (κ3) is 4.31. The van der Waals surface area contributed by atoms with Gasteiger partial charge >= 0.3 is 17.9 Å². The largest absolute Gasteiger partial charge is 0.449 e. The lowest BCUT2D eigenvalue weighted by molar-refractivity contribution is -0.429. The van der Waals surface area contributed by atoms with Crippen LogP contribution in [-0.2, 0) is 16.5 Å². The van der Waals surface area contributed by atoms with Crippen LogP contribution in [0.1, 0.15) is 33.4 Å². The van der Waals surface area contributed by atoms with Gasteiger partial charge in [-0.15, -0.1) is 0 Å². The molecule has 0 aliphatic rings. The maximum Gasteiger partial charge on any atom is 0.449 e. The van der Waals surface area contributed by atoms with Crippen LogP contribution in [0.2, 0.25) is 0 Å². The normalized spacial score (nSPS) is 17.5. The lowest BCUT2D eigenvalue weighted by atomic mass is 9.84. The van der Waals surface area contributed by atoms with Crippen molar-refractivity contribution in [3.63, 3.8) is 0 Å². The molecule has 0 amide bonds. The summed E-state index contributed by atoms with van der Waals surface area (Å²) in [5.74, 6) is -12.6. The van der Waals surface area contributed by atoms with Crippen molar-refractivity contribution in [1.29, 1.82) is 0 Å². The Kier molecular flexibility index (Phi) is 6.52. The molecule has 2 atom stereocenters. The Morgan fingerprint density at radius 3 is 1.96 bits per heavy atom. The second kappa shape index (κ2) is 7.25. The predicted molar refractivity (Wildman–Crippen MR) is 88.4 cm³/mol. The van der Waals surface area contributed by atoms with Gasteiger partial charge in [0.2, 0.25) is 0 Å². The van der Waals surface area contributed by atoms with Crippen LogP contribution >= 0.6 is 15.9 Å². The van der Waals surface area contributed by atoms with Crippen LogP contribution in [0.25, 0.3) is 0 Å². The van der Waals surface area contributed by atoms with Gasteiger partial charge in [-0.2, -0.15) is 22.0 Å². The molecule has 1 aromatic rings. The highest BCUT2D eigenvalue weighted by Crippen LogP contribution is 2.50. The van der Waals surface area contributed by atoms with Gasteiger partial charge in [0.1, 0.15) is 21.7 Å². The minimum absolute atomic E-state index is 0.224. The van der Waals surface area contributed by atoms with Crippen molar-refractivity contribution in [2.24, 2.45) is 0 Å². The summed E-state index contributed by atoms with van der Waals surface area (Å²) in [6, 6.07) is 1.62. The smallest absolute Gasteiger partial charge is 0.354 e. The number of hydrogen-bond acceptors (Lipinski definition) is 4. The molecule has 1 heterocycles. The molecular weight excluding hydrogens is 470 g/mol. The SMILES string of the molecule is CC(C)(C)S(=O)N[C@](C)(c1nc(Br)ccc1F)C(F)(F)C(O)(O)C(F)(F)F. The second-order valence-corrected chi connectivity index (χ2v) is 9.60. The van der Waals surface area contributed by atoms with Crippen LogP contribution < -0.4 is 4.72 Å². The van der Waals surface area contributed by atoms with E-state index < -0.39 is 50.7 Å². The van der Waals surface area contributed by atoms with Gasteiger partial charge in [0.05, 0.1) is 15.7 Å². The topological polar surface area (TPSA) is 82.5 Å². The summed E-state index contributed by atoms with van der Waals surface area (Å²) in [5, 5.41) is 18.5. The molecule has 1 aromatic heterocycles. The molecule has 0 aliphatic carbocycles. The fourth-order valence-corrected chi connectivity index (χ4v) is 3.11. The molecule has 1 unspecified atom stereocenters. The molecule has 0 saturated carbocycles. The van der Waals surface area contributed by atoms with Gasteiger partial charge in [0.15, 0.2) is 0 Å². The average Bonchev–Trinajstić information content (AvgIpc) is 2.46. The number of alkyl halides is 5. The predicted octanol–water partition coefficient (Wildman–Crippen LogP) is 3.13. The maximum atomic E-state index is 14.9. The number of nitrogens with one attached hydrogen (secondary N) is 1. The minimum atomic E-state index is -6.22. The standard InChI is InChI=1S/C14H17BrF6N2O3S/c1-10(2,3)27(26)23-11(4,9-7(16)5-6-8(15)22-9)12(17,18)13(24,25)14(19,20)21/h5-6,23-25H,1-4H3/t11-,27?/m1/s1. The van der Waals surface area contributed by atoms with E-state index in [0.29, 0.717) is 13.0 Å². The number of rotatable bonds is 5. The zero-order valence-electron chi connectivity index (χ0n) is 14.5. The first-order valence-electron chi connectivity index (χ1n) is 7.20. The third-order valence-electron chi connectivity index (χ3n) is 3.60. The third-order valence-corrected chi connectivity index (χ3v) is 5.75. The highest BCUT2D eigenvalue weighted by molar-refractivity contribution is 9.10. The first kappa shape index (κ1) is 24.3. The molecular formula is C14H17BrF6N2O3S. The van der Waals surface area contributed by atoms with E-state index in [0.717, 1.165) is 6.07 Å². The van der Waals surface area contributed by atoms with Crippen LogP contribution in [0, 0.1) is 5.82 Å². The van der Waals surface area contributed by atoms with Crippen LogP contribution in [0.3, 0.4) is 0 Å². The van der Waals surface area contributed by atoms with E-state index in [1.54, 1.807) is 4.72 Å². The molecule has 13 heteroatoms. The molecule has 1 rings (SSSR count). The summed E-state index contributed by atoms with van der Waals surface area (Å²) in [4.78, 5) is 3.42. The van der Waals surface area contributed by atoms with Crippen molar-refractivity contribution < 1.29 is 40.8 Å². The summed E-state index contributed by atoms with van der Waals surface area (Å²) in [6.07, 6.45) is -6.22. The number of halogens is 7. The molecule has 3 N–H and O–H groups in total. The van der Waals surface area contributed by atoms with Crippen LogP contribution in [0.5, 0.6) is 0 Å². The highest BCUT2D eigenvalue weighted by atomic mass is 79.9. The van der Waals surface area contributed by atoms with Gasteiger partial charge < -0.3 is 10.2 Å². The van der Waals surface area contributed by atoms with E-state index in [1.807, 2.05) is 0 Å². The van der Waals surface area contributed by atoms with Crippen molar-refractivity contribution in [1.82, 2.24) is 9.71 Å². The highest BCUT2D eigenvalue weighted by Gasteiger charge is 2.76. The summed E-state index contributed by atoms with van der Waals surface area (Å²) in [7, 11) is -2.47. The van der Waals surface area contributed by atoms with E-state index in [1.165, 1.54) is 20.8 Å². The fraction of sp³-hybridized carbons (Fsp3) is 0.643. The van der Waals surface area contributed by atoms with Crippen molar-refractivity contribution in [3.05, 3.63) is 28.2 Å². The first-order valence-corrected chi connectivity index (χ1v) is 9.15. The quantitative estimate of drug-likeness (QED) is 0.339. The molecule has 0 fully saturated rings. The molecule has 0 spiro atoms. The van der Waals surface area contributed by atoms with Gasteiger partial charge in [-0.1, -0.05) is 0 Å². The number of aliphatic hydroxyl groups is 2. The molecule has 27 heavy (non-hydrogen) atoms. The molecule has 0 bridgehead atoms. The fourth-order valence-electron chi connectivity index (χ4n) is 1.90. The van der Waals surface area contributed by atoms with E-state index in [-0.39, 0.29) is 4.60 Å². The van der Waals surface area contributed by atoms with Crippen molar-refractivity contribution in [2.75, 3.05) is 0 Å². The molecule has 5 nitrogen and oxygen atoms in total. The molecule has 0 radical (unpaired) electrons. The van der Waals surface area contributed by atoms with Crippen LogP contribution in [-0.4, -0.2) is 42.0 Å². The number of hydrogen-bond donors (Lipinski definition) is 3. The Morgan fingerprint density at radius 1 is 1.07 bits per heavy atom. The summed E-state index contributed by atoms with van der Waals surface area (Å²) < 4.78 is 95.2. The van der Waals surface area contributed by atoms with Crippen LogP contribution in [0.4, 0.5) is 26.3 Å². The van der Waals surface area contributed by atoms with Gasteiger partial charge in [0, 0.05) is 0 Å². The van der Waals surface area contributed by atoms with E-state index in [4.69, 9.17) is 0 Å².